The van der Waals surface area contributed by atoms with Crippen LogP contribution >= 0.6 is 0 Å². The van der Waals surface area contributed by atoms with Crippen LogP contribution in [0.25, 0.3) is 0 Å². The molecule has 2 rings (SSSR count). The molecule has 1 aliphatic carbocycles. The van der Waals surface area contributed by atoms with E-state index in [1.54, 1.807) is 0 Å². The van der Waals surface area contributed by atoms with Crippen molar-refractivity contribution in [2.45, 2.75) is 32.1 Å². The molecule has 0 heterocycles. The van der Waals surface area contributed by atoms with E-state index in [1.165, 1.54) is 12.1 Å². The Morgan fingerprint density at radius 2 is 1.90 bits per heavy atom. The molecule has 1 aromatic carbocycles. The van der Waals surface area contributed by atoms with Crippen molar-refractivity contribution >= 4 is 11.9 Å². The van der Waals surface area contributed by atoms with Gasteiger partial charge in [-0.25, -0.2) is 8.78 Å². The fourth-order valence-electron chi connectivity index (χ4n) is 2.71. The molecule has 0 spiro atoms. The van der Waals surface area contributed by atoms with Gasteiger partial charge in [0.15, 0.2) is 11.6 Å². The van der Waals surface area contributed by atoms with Crippen LogP contribution < -0.4 is 5.32 Å². The second-order valence-electron chi connectivity index (χ2n) is 5.46. The highest BCUT2D eigenvalue weighted by atomic mass is 19.2. The molecule has 2 N–H and O–H groups in total. The molecule has 1 fully saturated rings. The maximum Gasteiger partial charge on any atom is 0.311 e. The van der Waals surface area contributed by atoms with Gasteiger partial charge in [0.25, 0.3) is 0 Å². The van der Waals surface area contributed by atoms with E-state index in [0.717, 1.165) is 18.9 Å². The molecule has 0 radical (unpaired) electrons. The molecule has 0 bridgehead atoms. The Morgan fingerprint density at radius 1 is 1.24 bits per heavy atom. The van der Waals surface area contributed by atoms with Crippen LogP contribution in [-0.4, -0.2) is 23.5 Å². The Hall–Kier alpha value is -1.98. The van der Waals surface area contributed by atoms with Gasteiger partial charge in [-0.2, -0.15) is 0 Å². The van der Waals surface area contributed by atoms with Crippen LogP contribution in [0.4, 0.5) is 8.78 Å². The summed E-state index contributed by atoms with van der Waals surface area (Å²) in [5.41, 5.74) is -0.959. The number of rotatable bonds is 5. The molecule has 0 unspecified atom stereocenters. The monoisotopic (exact) mass is 297 g/mol. The smallest absolute Gasteiger partial charge is 0.311 e. The van der Waals surface area contributed by atoms with E-state index >= 15 is 0 Å². The van der Waals surface area contributed by atoms with Crippen LogP contribution in [0.5, 0.6) is 0 Å². The summed E-state index contributed by atoms with van der Waals surface area (Å²) in [6.45, 7) is 0.0259. The highest BCUT2D eigenvalue weighted by Gasteiger charge is 2.41. The number of carbonyl (C=O) groups is 2. The maximum absolute atomic E-state index is 13.5. The van der Waals surface area contributed by atoms with E-state index in [0.29, 0.717) is 12.8 Å². The molecule has 0 saturated heterocycles. The zero-order valence-corrected chi connectivity index (χ0v) is 11.5. The minimum atomic E-state index is -1.04. The first kappa shape index (κ1) is 15.4. The third-order valence-electron chi connectivity index (χ3n) is 4.02. The van der Waals surface area contributed by atoms with Gasteiger partial charge in [0.05, 0.1) is 11.8 Å². The first-order chi connectivity index (χ1) is 9.94. The number of carbonyl (C=O) groups excluding carboxylic acids is 1. The third-order valence-corrected chi connectivity index (χ3v) is 4.02. The van der Waals surface area contributed by atoms with Crippen molar-refractivity contribution < 1.29 is 23.5 Å². The van der Waals surface area contributed by atoms with Gasteiger partial charge in [-0.3, -0.25) is 9.59 Å². The summed E-state index contributed by atoms with van der Waals surface area (Å²) < 4.78 is 26.5. The summed E-state index contributed by atoms with van der Waals surface area (Å²) in [7, 11) is 0. The first-order valence-electron chi connectivity index (χ1n) is 6.88. The summed E-state index contributed by atoms with van der Waals surface area (Å²) in [5, 5.41) is 11.8. The molecular weight excluding hydrogens is 280 g/mol. The van der Waals surface area contributed by atoms with Gasteiger partial charge in [0.2, 0.25) is 5.91 Å². The SMILES string of the molecule is O=C(Cc1cccc(F)c1F)NCC1(C(=O)O)CCCC1. The van der Waals surface area contributed by atoms with Gasteiger partial charge >= 0.3 is 5.97 Å². The molecule has 6 heteroatoms. The van der Waals surface area contributed by atoms with E-state index < -0.39 is 28.9 Å². The van der Waals surface area contributed by atoms with E-state index in [4.69, 9.17) is 0 Å². The molecule has 0 aliphatic heterocycles. The largest absolute Gasteiger partial charge is 0.481 e. The van der Waals surface area contributed by atoms with E-state index in [2.05, 4.69) is 5.32 Å². The number of aliphatic carboxylic acids is 1. The Morgan fingerprint density at radius 3 is 2.52 bits per heavy atom. The van der Waals surface area contributed by atoms with E-state index in [-0.39, 0.29) is 18.5 Å². The molecule has 114 valence electrons. The van der Waals surface area contributed by atoms with Crippen molar-refractivity contribution in [3.05, 3.63) is 35.4 Å². The van der Waals surface area contributed by atoms with Crippen molar-refractivity contribution in [2.24, 2.45) is 5.41 Å². The molecule has 0 aromatic heterocycles. The lowest BCUT2D eigenvalue weighted by Gasteiger charge is -2.24. The van der Waals surface area contributed by atoms with Crippen LogP contribution in [0.2, 0.25) is 0 Å². The van der Waals surface area contributed by atoms with Crippen molar-refractivity contribution in [3.8, 4) is 0 Å². The number of nitrogens with one attached hydrogen (secondary N) is 1. The standard InChI is InChI=1S/C15H17F2NO3/c16-11-5-3-4-10(13(11)17)8-12(19)18-9-15(14(20)21)6-1-2-7-15/h3-5H,1-2,6-9H2,(H,18,19)(H,20,21). The molecule has 1 amide bonds. The van der Waals surface area contributed by atoms with Gasteiger partial charge in [0, 0.05) is 12.1 Å². The number of benzene rings is 1. The quantitative estimate of drug-likeness (QED) is 0.876. The summed E-state index contributed by atoms with van der Waals surface area (Å²) in [6, 6.07) is 3.64. The first-order valence-corrected chi connectivity index (χ1v) is 6.88. The Labute approximate surface area is 121 Å². The average Bonchev–Trinajstić information content (AvgIpc) is 2.92. The number of hydrogen-bond acceptors (Lipinski definition) is 2. The van der Waals surface area contributed by atoms with Crippen molar-refractivity contribution in [1.29, 1.82) is 0 Å². The van der Waals surface area contributed by atoms with Crippen molar-refractivity contribution in [3.63, 3.8) is 0 Å². The molecule has 1 aliphatic rings. The number of halogens is 2. The number of amides is 1. The van der Waals surface area contributed by atoms with Crippen LogP contribution in [0.3, 0.4) is 0 Å². The predicted octanol–water partition coefficient (Wildman–Crippen LogP) is 2.27. The van der Waals surface area contributed by atoms with Crippen LogP contribution in [0.1, 0.15) is 31.2 Å². The fourth-order valence-corrected chi connectivity index (χ4v) is 2.71. The number of carboxylic acids is 1. The minimum Gasteiger partial charge on any atom is -0.481 e. The number of carboxylic acid groups (broad SMARTS) is 1. The van der Waals surface area contributed by atoms with Gasteiger partial charge in [0.1, 0.15) is 0 Å². The van der Waals surface area contributed by atoms with E-state index in [9.17, 15) is 23.5 Å². The summed E-state index contributed by atoms with van der Waals surface area (Å²) in [4.78, 5) is 23.1. The summed E-state index contributed by atoms with van der Waals surface area (Å²) in [6.07, 6.45) is 2.38. The molecule has 21 heavy (non-hydrogen) atoms. The summed E-state index contributed by atoms with van der Waals surface area (Å²) >= 11 is 0. The van der Waals surface area contributed by atoms with Gasteiger partial charge in [-0.15, -0.1) is 0 Å². The Kier molecular flexibility index (Phi) is 4.55. The highest BCUT2D eigenvalue weighted by molar-refractivity contribution is 5.80. The predicted molar refractivity (Wildman–Crippen MR) is 71.6 cm³/mol. The van der Waals surface area contributed by atoms with Gasteiger partial charge in [-0.1, -0.05) is 25.0 Å². The zero-order chi connectivity index (χ0) is 15.5. The van der Waals surface area contributed by atoms with Crippen molar-refractivity contribution in [1.82, 2.24) is 5.32 Å². The molecular formula is C15H17F2NO3. The lowest BCUT2D eigenvalue weighted by molar-refractivity contribution is -0.148. The average molecular weight is 297 g/mol. The normalized spacial score (nSPS) is 16.7. The Balaban J connectivity index is 1.96. The molecule has 4 nitrogen and oxygen atoms in total. The van der Waals surface area contributed by atoms with E-state index in [1.807, 2.05) is 0 Å². The van der Waals surface area contributed by atoms with Crippen LogP contribution in [0, 0.1) is 17.0 Å². The van der Waals surface area contributed by atoms with Crippen LogP contribution in [0.15, 0.2) is 18.2 Å². The Bertz CT molecular complexity index is 554. The molecule has 1 saturated carbocycles. The zero-order valence-electron chi connectivity index (χ0n) is 11.5. The number of hydrogen-bond donors (Lipinski definition) is 2. The topological polar surface area (TPSA) is 66.4 Å². The minimum absolute atomic E-state index is 0.0259. The fraction of sp³-hybridized carbons (Fsp3) is 0.467. The van der Waals surface area contributed by atoms with Crippen LogP contribution in [-0.2, 0) is 16.0 Å². The van der Waals surface area contributed by atoms with Gasteiger partial charge in [-0.05, 0) is 18.9 Å². The molecule has 1 aromatic rings. The molecule has 0 atom stereocenters. The lowest BCUT2D eigenvalue weighted by Crippen LogP contribution is -2.41. The second kappa shape index (κ2) is 6.20. The second-order valence-corrected chi connectivity index (χ2v) is 5.46. The third kappa shape index (κ3) is 3.37. The highest BCUT2D eigenvalue weighted by Crippen LogP contribution is 2.37. The maximum atomic E-state index is 13.5. The lowest BCUT2D eigenvalue weighted by atomic mass is 9.86. The van der Waals surface area contributed by atoms with Crippen molar-refractivity contribution in [2.75, 3.05) is 6.54 Å². The van der Waals surface area contributed by atoms with Gasteiger partial charge < -0.3 is 10.4 Å². The summed E-state index contributed by atoms with van der Waals surface area (Å²) in [5.74, 6) is -3.47.